The fourth-order valence-electron chi connectivity index (χ4n) is 2.23. The van der Waals surface area contributed by atoms with Gasteiger partial charge in [0.25, 0.3) is 5.91 Å². The minimum atomic E-state index is -2.92. The van der Waals surface area contributed by atoms with Crippen LogP contribution in [-0.2, 0) is 20.7 Å². The van der Waals surface area contributed by atoms with Crippen molar-refractivity contribution in [2.45, 2.75) is 39.9 Å². The van der Waals surface area contributed by atoms with E-state index in [9.17, 15) is 18.4 Å². The van der Waals surface area contributed by atoms with Gasteiger partial charge in [0.15, 0.2) is 6.10 Å². The van der Waals surface area contributed by atoms with Gasteiger partial charge < -0.3 is 14.8 Å². The molecule has 0 aliphatic rings. The summed E-state index contributed by atoms with van der Waals surface area (Å²) < 4.78 is 33.5. The van der Waals surface area contributed by atoms with Crippen LogP contribution in [0.5, 0.6) is 5.75 Å². The Morgan fingerprint density at radius 2 is 1.88 bits per heavy atom. The number of nitrogens with one attached hydrogen (secondary N) is 2. The van der Waals surface area contributed by atoms with E-state index < -0.39 is 24.6 Å². The van der Waals surface area contributed by atoms with E-state index >= 15 is 0 Å². The molecule has 140 valence electrons. The Balaban J connectivity index is 1.88. The number of hydrogen-bond acceptors (Lipinski definition) is 5. The van der Waals surface area contributed by atoms with Crippen LogP contribution in [0.2, 0.25) is 0 Å². The molecule has 0 unspecified atom stereocenters. The molecule has 0 saturated carbocycles. The van der Waals surface area contributed by atoms with Crippen molar-refractivity contribution in [1.29, 1.82) is 0 Å². The van der Waals surface area contributed by atoms with Crippen LogP contribution in [0.3, 0.4) is 0 Å². The summed E-state index contributed by atoms with van der Waals surface area (Å²) in [7, 11) is 0. The third-order valence-corrected chi connectivity index (χ3v) is 3.63. The summed E-state index contributed by atoms with van der Waals surface area (Å²) in [5.74, 6) is -1.12. The van der Waals surface area contributed by atoms with Gasteiger partial charge in [0.1, 0.15) is 5.75 Å². The van der Waals surface area contributed by atoms with Crippen LogP contribution in [-0.4, -0.2) is 34.8 Å². The average Bonchev–Trinajstić information content (AvgIpc) is 2.88. The molecule has 0 bridgehead atoms. The first-order valence-electron chi connectivity index (χ1n) is 7.82. The van der Waals surface area contributed by atoms with Crippen LogP contribution < -0.4 is 10.1 Å². The van der Waals surface area contributed by atoms with Crippen molar-refractivity contribution in [3.63, 3.8) is 0 Å². The number of alkyl halides is 2. The highest BCUT2D eigenvalue weighted by Gasteiger charge is 2.20. The van der Waals surface area contributed by atoms with Gasteiger partial charge in [0, 0.05) is 16.9 Å². The highest BCUT2D eigenvalue weighted by Crippen LogP contribution is 2.18. The fraction of sp³-hybridized carbons (Fsp3) is 0.353. The second-order valence-corrected chi connectivity index (χ2v) is 5.61. The summed E-state index contributed by atoms with van der Waals surface area (Å²) in [5.41, 5.74) is 2.56. The number of aryl methyl sites for hydroxylation is 2. The van der Waals surface area contributed by atoms with Crippen molar-refractivity contribution >= 4 is 17.6 Å². The first-order chi connectivity index (χ1) is 12.3. The van der Waals surface area contributed by atoms with Gasteiger partial charge in [-0.2, -0.15) is 13.9 Å². The molecule has 2 N–H and O–H groups in total. The minimum absolute atomic E-state index is 0.00541. The van der Waals surface area contributed by atoms with Crippen LogP contribution in [0.1, 0.15) is 23.9 Å². The highest BCUT2D eigenvalue weighted by atomic mass is 19.3. The number of carbonyl (C=O) groups is 2. The second-order valence-electron chi connectivity index (χ2n) is 5.61. The average molecular weight is 367 g/mol. The molecule has 26 heavy (non-hydrogen) atoms. The van der Waals surface area contributed by atoms with Crippen molar-refractivity contribution in [2.75, 3.05) is 5.32 Å². The largest absolute Gasteiger partial charge is 0.452 e. The molecule has 1 heterocycles. The van der Waals surface area contributed by atoms with E-state index in [4.69, 9.17) is 4.74 Å². The third-order valence-electron chi connectivity index (χ3n) is 3.63. The molecular formula is C17H19F2N3O4. The number of benzene rings is 1. The number of hydrogen-bond donors (Lipinski definition) is 2. The first-order valence-corrected chi connectivity index (χ1v) is 7.82. The number of esters is 1. The Labute approximate surface area is 148 Å². The third kappa shape index (κ3) is 5.27. The summed E-state index contributed by atoms with van der Waals surface area (Å²) in [5, 5.41) is 9.30. The standard InChI is InChI=1S/C17H19F2N3O4/c1-9-14(10(2)22-21-9)8-15(23)25-11(3)16(24)20-12-4-6-13(7-5-12)26-17(18)19/h4-7,11,17H,8H2,1-3H3,(H,20,24)(H,21,22)/t11-/m1/s1. The quantitative estimate of drug-likeness (QED) is 0.734. The van der Waals surface area contributed by atoms with Gasteiger partial charge in [-0.1, -0.05) is 0 Å². The molecule has 9 heteroatoms. The number of carbonyl (C=O) groups excluding carboxylic acids is 2. The first kappa shape index (κ1) is 19.4. The Hall–Kier alpha value is -2.97. The van der Waals surface area contributed by atoms with Gasteiger partial charge in [-0.15, -0.1) is 0 Å². The Kier molecular flexibility index (Phi) is 6.26. The zero-order valence-corrected chi connectivity index (χ0v) is 14.5. The SMILES string of the molecule is Cc1n[nH]c(C)c1CC(=O)O[C@H](C)C(=O)Nc1ccc(OC(F)F)cc1. The summed E-state index contributed by atoms with van der Waals surface area (Å²) in [4.78, 5) is 24.1. The van der Waals surface area contributed by atoms with Crippen molar-refractivity contribution < 1.29 is 27.8 Å². The smallest absolute Gasteiger partial charge is 0.387 e. The molecule has 7 nitrogen and oxygen atoms in total. The molecule has 1 aromatic carbocycles. The summed E-state index contributed by atoms with van der Waals surface area (Å²) in [6.07, 6.45) is -1.02. The van der Waals surface area contributed by atoms with E-state index in [-0.39, 0.29) is 12.2 Å². The summed E-state index contributed by atoms with van der Waals surface area (Å²) in [6.45, 7) is 2.08. The van der Waals surface area contributed by atoms with Gasteiger partial charge >= 0.3 is 12.6 Å². The zero-order valence-electron chi connectivity index (χ0n) is 14.5. The minimum Gasteiger partial charge on any atom is -0.452 e. The maximum absolute atomic E-state index is 12.1. The molecule has 1 aromatic heterocycles. The molecular weight excluding hydrogens is 348 g/mol. The molecule has 0 aliphatic carbocycles. The van der Waals surface area contributed by atoms with Crippen LogP contribution in [0.4, 0.5) is 14.5 Å². The normalized spacial score (nSPS) is 11.9. The number of rotatable bonds is 7. The van der Waals surface area contributed by atoms with E-state index in [1.54, 1.807) is 13.8 Å². The number of aromatic nitrogens is 2. The monoisotopic (exact) mass is 367 g/mol. The Bertz CT molecular complexity index is 755. The van der Waals surface area contributed by atoms with Crippen molar-refractivity contribution in [3.8, 4) is 5.75 Å². The van der Waals surface area contributed by atoms with Gasteiger partial charge in [-0.05, 0) is 45.0 Å². The molecule has 2 rings (SSSR count). The number of anilines is 1. The molecule has 0 radical (unpaired) electrons. The van der Waals surface area contributed by atoms with Gasteiger partial charge in [-0.3, -0.25) is 14.7 Å². The summed E-state index contributed by atoms with van der Waals surface area (Å²) >= 11 is 0. The maximum atomic E-state index is 12.1. The number of aromatic amines is 1. The molecule has 0 aliphatic heterocycles. The van der Waals surface area contributed by atoms with E-state index in [1.807, 2.05) is 0 Å². The number of halogens is 2. The lowest BCUT2D eigenvalue weighted by molar-refractivity contribution is -0.152. The van der Waals surface area contributed by atoms with Crippen LogP contribution in [0.25, 0.3) is 0 Å². The predicted octanol–water partition coefficient (Wildman–Crippen LogP) is 2.74. The second kappa shape index (κ2) is 8.41. The van der Waals surface area contributed by atoms with Gasteiger partial charge in [0.05, 0.1) is 12.1 Å². The van der Waals surface area contributed by atoms with E-state index in [1.165, 1.54) is 31.2 Å². The maximum Gasteiger partial charge on any atom is 0.387 e. The molecule has 2 aromatic rings. The van der Waals surface area contributed by atoms with Crippen molar-refractivity contribution in [2.24, 2.45) is 0 Å². The lowest BCUT2D eigenvalue weighted by Gasteiger charge is -2.14. The Morgan fingerprint density at radius 3 is 2.42 bits per heavy atom. The van der Waals surface area contributed by atoms with Crippen molar-refractivity contribution in [1.82, 2.24) is 10.2 Å². The van der Waals surface area contributed by atoms with E-state index in [2.05, 4.69) is 20.3 Å². The predicted molar refractivity (Wildman–Crippen MR) is 89.0 cm³/mol. The lowest BCUT2D eigenvalue weighted by Crippen LogP contribution is -2.30. The summed E-state index contributed by atoms with van der Waals surface area (Å²) in [6, 6.07) is 5.40. The van der Waals surface area contributed by atoms with Crippen molar-refractivity contribution in [3.05, 3.63) is 41.2 Å². The zero-order chi connectivity index (χ0) is 19.3. The van der Waals surface area contributed by atoms with Crippen LogP contribution in [0.15, 0.2) is 24.3 Å². The van der Waals surface area contributed by atoms with Gasteiger partial charge in [0.2, 0.25) is 0 Å². The number of amides is 1. The van der Waals surface area contributed by atoms with E-state index in [0.29, 0.717) is 11.4 Å². The molecule has 1 atom stereocenters. The van der Waals surface area contributed by atoms with Crippen LogP contribution in [0, 0.1) is 13.8 Å². The number of nitrogens with zero attached hydrogens (tertiary/aromatic N) is 1. The molecule has 1 amide bonds. The number of ether oxygens (including phenoxy) is 2. The number of H-pyrrole nitrogens is 1. The van der Waals surface area contributed by atoms with Gasteiger partial charge in [-0.25, -0.2) is 0 Å². The molecule has 0 fully saturated rings. The van der Waals surface area contributed by atoms with E-state index in [0.717, 1.165) is 11.3 Å². The highest BCUT2D eigenvalue weighted by molar-refractivity contribution is 5.95. The topological polar surface area (TPSA) is 93.3 Å². The lowest BCUT2D eigenvalue weighted by atomic mass is 10.1. The fourth-order valence-corrected chi connectivity index (χ4v) is 2.23. The Morgan fingerprint density at radius 1 is 1.23 bits per heavy atom. The van der Waals surface area contributed by atoms with Crippen LogP contribution >= 0.6 is 0 Å². The molecule has 0 saturated heterocycles. The molecule has 0 spiro atoms.